The monoisotopic (exact) mass is 406 g/mol. The van der Waals surface area contributed by atoms with Crippen LogP contribution in [0, 0.1) is 29.6 Å². The van der Waals surface area contributed by atoms with Gasteiger partial charge in [0.25, 0.3) is 0 Å². The summed E-state index contributed by atoms with van der Waals surface area (Å²) in [4.78, 5) is 2.73. The highest BCUT2D eigenvalue weighted by Crippen LogP contribution is 2.51. The van der Waals surface area contributed by atoms with E-state index in [9.17, 15) is 5.11 Å². The van der Waals surface area contributed by atoms with Crippen LogP contribution in [0.3, 0.4) is 0 Å². The minimum atomic E-state index is -0.237. The van der Waals surface area contributed by atoms with Crippen LogP contribution in [0.25, 0.3) is 0 Å². The molecule has 3 saturated heterocycles. The summed E-state index contributed by atoms with van der Waals surface area (Å²) in [6.45, 7) is 11.9. The lowest BCUT2D eigenvalue weighted by Gasteiger charge is -2.49. The molecule has 0 aromatic carbocycles. The van der Waals surface area contributed by atoms with Gasteiger partial charge in [-0.25, -0.2) is 0 Å². The number of nitrogens with zero attached hydrogens (tertiary/aromatic N) is 1. The maximum Gasteiger partial charge on any atom is 0.0680 e. The average molecular weight is 407 g/mol. The van der Waals surface area contributed by atoms with E-state index < -0.39 is 0 Å². The van der Waals surface area contributed by atoms with Gasteiger partial charge in [0, 0.05) is 23.9 Å². The van der Waals surface area contributed by atoms with Gasteiger partial charge in [-0.3, -0.25) is 4.90 Å². The quantitative estimate of drug-likeness (QED) is 0.658. The maximum absolute atomic E-state index is 10.4. The van der Waals surface area contributed by atoms with E-state index in [1.54, 1.807) is 0 Å². The van der Waals surface area contributed by atoms with Crippen molar-refractivity contribution in [3.8, 4) is 0 Å². The zero-order valence-corrected chi connectivity index (χ0v) is 19.0. The van der Waals surface area contributed by atoms with E-state index >= 15 is 0 Å². The van der Waals surface area contributed by atoms with Crippen LogP contribution < -0.4 is 5.32 Å². The van der Waals surface area contributed by atoms with Crippen LogP contribution in [0.15, 0.2) is 12.7 Å². The normalized spacial score (nSPS) is 48.4. The summed E-state index contributed by atoms with van der Waals surface area (Å²) in [6, 6.07) is 0.982. The lowest BCUT2D eigenvalue weighted by molar-refractivity contribution is 0.0161. The fourth-order valence-electron chi connectivity index (χ4n) is 7.35. The van der Waals surface area contributed by atoms with Crippen LogP contribution in [0.5, 0.6) is 0 Å². The van der Waals surface area contributed by atoms with Crippen molar-refractivity contribution in [3.05, 3.63) is 12.7 Å². The molecule has 160 valence electrons. The maximum atomic E-state index is 10.4. The molecular weight excluding hydrogens is 364 g/mol. The highest BCUT2D eigenvalue weighted by atomic mass is 32.2. The highest BCUT2D eigenvalue weighted by Gasteiger charge is 2.51. The molecule has 0 aromatic rings. The lowest BCUT2D eigenvalue weighted by Crippen LogP contribution is -2.52. The fourth-order valence-corrected chi connectivity index (χ4v) is 8.94. The average Bonchev–Trinajstić information content (AvgIpc) is 3.29. The third-order valence-electron chi connectivity index (χ3n) is 8.71. The van der Waals surface area contributed by atoms with Crippen molar-refractivity contribution in [1.82, 2.24) is 10.2 Å². The van der Waals surface area contributed by atoms with Gasteiger partial charge in [0.2, 0.25) is 0 Å². The van der Waals surface area contributed by atoms with E-state index in [4.69, 9.17) is 0 Å². The van der Waals surface area contributed by atoms with E-state index in [0.29, 0.717) is 18.2 Å². The van der Waals surface area contributed by atoms with Gasteiger partial charge in [-0.15, -0.1) is 6.58 Å². The first-order valence-corrected chi connectivity index (χ1v) is 13.0. The van der Waals surface area contributed by atoms with Gasteiger partial charge in [0.05, 0.1) is 12.3 Å². The molecule has 4 heteroatoms. The van der Waals surface area contributed by atoms with Crippen molar-refractivity contribution in [3.63, 3.8) is 0 Å². The SMILES string of the molecule is C=CC1CCC(C2C(CC)SCCC2C2CCC3NCC(C(C)O)N32)CC1C. The van der Waals surface area contributed by atoms with Crippen LogP contribution in [0.4, 0.5) is 0 Å². The summed E-state index contributed by atoms with van der Waals surface area (Å²) in [5, 5.41) is 15.0. The molecule has 10 unspecified atom stereocenters. The molecule has 0 radical (unpaired) electrons. The first-order valence-electron chi connectivity index (χ1n) is 12.0. The Morgan fingerprint density at radius 1 is 1.25 bits per heavy atom. The van der Waals surface area contributed by atoms with Crippen LogP contribution in [0.2, 0.25) is 0 Å². The molecule has 2 N–H and O–H groups in total. The number of allylic oxidation sites excluding steroid dienone is 1. The standard InChI is InChI=1S/C24H42N2OS/c1-5-17-7-8-18(13-15(17)3)24-19(11-12-28-22(24)6-2)20-9-10-23-25-14-21(16(4)27)26(20)23/h5,15-25,27H,1,6-14H2,2-4H3. The number of aliphatic hydroxyl groups excluding tert-OH is 1. The van der Waals surface area contributed by atoms with Crippen molar-refractivity contribution < 1.29 is 5.11 Å². The van der Waals surface area contributed by atoms with E-state index in [1.807, 2.05) is 6.92 Å². The van der Waals surface area contributed by atoms with Gasteiger partial charge >= 0.3 is 0 Å². The first-order chi connectivity index (χ1) is 13.5. The summed E-state index contributed by atoms with van der Waals surface area (Å²) in [6.07, 6.45) is 11.9. The Morgan fingerprint density at radius 3 is 2.75 bits per heavy atom. The zero-order chi connectivity index (χ0) is 19.8. The van der Waals surface area contributed by atoms with Crippen molar-refractivity contribution in [2.24, 2.45) is 29.6 Å². The molecule has 28 heavy (non-hydrogen) atoms. The summed E-state index contributed by atoms with van der Waals surface area (Å²) in [5.74, 6) is 5.40. The molecule has 0 bridgehead atoms. The Labute approximate surface area is 177 Å². The van der Waals surface area contributed by atoms with Gasteiger partial charge in [-0.2, -0.15) is 11.8 Å². The Kier molecular flexibility index (Phi) is 6.81. The van der Waals surface area contributed by atoms with Gasteiger partial charge in [0.15, 0.2) is 0 Å². The zero-order valence-electron chi connectivity index (χ0n) is 18.2. The molecule has 1 saturated carbocycles. The van der Waals surface area contributed by atoms with E-state index in [0.717, 1.165) is 41.4 Å². The Hall–Kier alpha value is -0.0300. The minimum absolute atomic E-state index is 0.237. The lowest BCUT2D eigenvalue weighted by atomic mass is 9.64. The van der Waals surface area contributed by atoms with Crippen molar-refractivity contribution >= 4 is 11.8 Å². The van der Waals surface area contributed by atoms with Gasteiger partial charge in [-0.05, 0) is 87.2 Å². The smallest absolute Gasteiger partial charge is 0.0680 e. The second-order valence-corrected chi connectivity index (χ2v) is 11.5. The van der Waals surface area contributed by atoms with Crippen LogP contribution in [-0.4, -0.2) is 51.9 Å². The third-order valence-corrected chi connectivity index (χ3v) is 10.3. The summed E-state index contributed by atoms with van der Waals surface area (Å²) in [5.41, 5.74) is 0. The molecule has 4 aliphatic rings. The predicted molar refractivity (Wildman–Crippen MR) is 120 cm³/mol. The molecule has 1 aliphatic carbocycles. The molecule has 4 rings (SSSR count). The van der Waals surface area contributed by atoms with Crippen molar-refractivity contribution in [2.45, 2.75) is 95.3 Å². The molecule has 0 aromatic heterocycles. The second kappa shape index (κ2) is 8.99. The molecule has 0 amide bonds. The molecule has 0 spiro atoms. The number of aliphatic hydroxyl groups is 1. The molecular formula is C24H42N2OS. The predicted octanol–water partition coefficient (Wildman–Crippen LogP) is 4.52. The molecule has 3 heterocycles. The number of hydrogen-bond acceptors (Lipinski definition) is 4. The molecule has 3 aliphatic heterocycles. The van der Waals surface area contributed by atoms with Crippen LogP contribution >= 0.6 is 11.8 Å². The molecule has 4 fully saturated rings. The van der Waals surface area contributed by atoms with E-state index in [2.05, 4.69) is 48.5 Å². The highest BCUT2D eigenvalue weighted by molar-refractivity contribution is 7.99. The van der Waals surface area contributed by atoms with Crippen LogP contribution in [0.1, 0.15) is 65.7 Å². The molecule has 3 nitrogen and oxygen atoms in total. The Morgan fingerprint density at radius 2 is 2.07 bits per heavy atom. The summed E-state index contributed by atoms with van der Waals surface area (Å²) in [7, 11) is 0. The minimum Gasteiger partial charge on any atom is -0.392 e. The topological polar surface area (TPSA) is 35.5 Å². The van der Waals surface area contributed by atoms with Gasteiger partial charge in [-0.1, -0.05) is 19.9 Å². The Bertz CT molecular complexity index is 541. The van der Waals surface area contributed by atoms with Crippen molar-refractivity contribution in [1.29, 1.82) is 0 Å². The summed E-state index contributed by atoms with van der Waals surface area (Å²) < 4.78 is 0. The third kappa shape index (κ3) is 3.84. The number of fused-ring (bicyclic) bond motifs is 1. The molecule has 10 atom stereocenters. The van der Waals surface area contributed by atoms with Gasteiger partial charge in [0.1, 0.15) is 0 Å². The van der Waals surface area contributed by atoms with Crippen LogP contribution in [-0.2, 0) is 0 Å². The summed E-state index contributed by atoms with van der Waals surface area (Å²) >= 11 is 2.26. The van der Waals surface area contributed by atoms with E-state index in [1.165, 1.54) is 50.7 Å². The fraction of sp³-hybridized carbons (Fsp3) is 0.917. The first kappa shape index (κ1) is 21.2. The van der Waals surface area contributed by atoms with Gasteiger partial charge < -0.3 is 10.4 Å². The second-order valence-electron chi connectivity index (χ2n) is 10.1. The number of rotatable bonds is 5. The number of hydrogen-bond donors (Lipinski definition) is 2. The number of nitrogens with one attached hydrogen (secondary N) is 1. The van der Waals surface area contributed by atoms with E-state index in [-0.39, 0.29) is 6.10 Å². The Balaban J connectivity index is 1.56. The number of thioether (sulfide) groups is 1. The largest absolute Gasteiger partial charge is 0.392 e. The van der Waals surface area contributed by atoms with Crippen molar-refractivity contribution in [2.75, 3.05) is 12.3 Å².